The first-order valence-electron chi connectivity index (χ1n) is 8.82. The zero-order chi connectivity index (χ0) is 18.2. The molecule has 138 valence electrons. The molecule has 6 nitrogen and oxygen atoms in total. The summed E-state index contributed by atoms with van der Waals surface area (Å²) in [4.78, 5) is 28.2. The number of hydrogen-bond donors (Lipinski definition) is 1. The van der Waals surface area contributed by atoms with Crippen LogP contribution in [0.3, 0.4) is 0 Å². The second-order valence-corrected chi connectivity index (χ2v) is 6.79. The van der Waals surface area contributed by atoms with Gasteiger partial charge in [-0.3, -0.25) is 9.59 Å². The molecule has 1 aromatic rings. The van der Waals surface area contributed by atoms with Gasteiger partial charge in [-0.25, -0.2) is 0 Å². The molecule has 0 aliphatic carbocycles. The fourth-order valence-electron chi connectivity index (χ4n) is 3.01. The van der Waals surface area contributed by atoms with Crippen LogP contribution in [0.15, 0.2) is 24.3 Å². The van der Waals surface area contributed by atoms with Crippen LogP contribution >= 0.6 is 0 Å². The van der Waals surface area contributed by atoms with Crippen LogP contribution in [0.25, 0.3) is 0 Å². The second kappa shape index (κ2) is 9.42. The molecule has 6 heteroatoms. The average Bonchev–Trinajstić information content (AvgIpc) is 2.96. The highest BCUT2D eigenvalue weighted by atomic mass is 16.5. The number of hydrogen-bond acceptors (Lipinski definition) is 4. The highest BCUT2D eigenvalue weighted by molar-refractivity contribution is 5.89. The van der Waals surface area contributed by atoms with Crippen LogP contribution in [-0.4, -0.2) is 69.0 Å². The van der Waals surface area contributed by atoms with Gasteiger partial charge in [0.25, 0.3) is 0 Å². The molecular formula is C19H29N3O3. The third-order valence-electron chi connectivity index (χ3n) is 4.49. The van der Waals surface area contributed by atoms with E-state index in [0.717, 1.165) is 37.2 Å². The van der Waals surface area contributed by atoms with E-state index in [1.807, 2.05) is 43.3 Å². The van der Waals surface area contributed by atoms with Gasteiger partial charge in [-0.05, 0) is 51.2 Å². The molecule has 1 aliphatic heterocycles. The Morgan fingerprint density at radius 1 is 1.32 bits per heavy atom. The number of nitrogens with zero attached hydrogens (tertiary/aromatic N) is 2. The summed E-state index contributed by atoms with van der Waals surface area (Å²) >= 11 is 0. The van der Waals surface area contributed by atoms with E-state index < -0.39 is 0 Å². The van der Waals surface area contributed by atoms with Crippen molar-refractivity contribution in [3.05, 3.63) is 29.8 Å². The summed E-state index contributed by atoms with van der Waals surface area (Å²) in [6.07, 6.45) is 2.03. The Balaban J connectivity index is 1.70. The van der Waals surface area contributed by atoms with Crippen molar-refractivity contribution in [3.63, 3.8) is 0 Å². The number of carbonyl (C=O) groups excluding carboxylic acids is 2. The molecule has 1 unspecified atom stereocenters. The number of benzene rings is 1. The highest BCUT2D eigenvalue weighted by Gasteiger charge is 2.33. The van der Waals surface area contributed by atoms with Crippen molar-refractivity contribution < 1.29 is 14.3 Å². The number of ether oxygens (including phenoxy) is 1. The minimum absolute atomic E-state index is 0.0167. The van der Waals surface area contributed by atoms with Crippen LogP contribution in [0.5, 0.6) is 5.75 Å². The van der Waals surface area contributed by atoms with Gasteiger partial charge in [-0.1, -0.05) is 12.1 Å². The zero-order valence-corrected chi connectivity index (χ0v) is 15.5. The Kier molecular flexibility index (Phi) is 7.25. The van der Waals surface area contributed by atoms with Crippen molar-refractivity contribution in [1.82, 2.24) is 15.1 Å². The lowest BCUT2D eigenvalue weighted by atomic mass is 10.1. The molecule has 2 rings (SSSR count). The monoisotopic (exact) mass is 347 g/mol. The molecule has 1 atom stereocenters. The molecule has 0 saturated carbocycles. The van der Waals surface area contributed by atoms with Crippen LogP contribution in [-0.2, 0) is 16.0 Å². The van der Waals surface area contributed by atoms with Gasteiger partial charge in [0.05, 0.1) is 13.0 Å². The molecule has 25 heavy (non-hydrogen) atoms. The summed E-state index contributed by atoms with van der Waals surface area (Å²) in [5.74, 6) is 0.681. The fraction of sp³-hybridized carbons (Fsp3) is 0.579. The molecule has 0 bridgehead atoms. The second-order valence-electron chi connectivity index (χ2n) is 6.79. The quantitative estimate of drug-likeness (QED) is 0.728. The van der Waals surface area contributed by atoms with E-state index in [-0.39, 0.29) is 17.7 Å². The lowest BCUT2D eigenvalue weighted by molar-refractivity contribution is -0.129. The molecule has 0 radical (unpaired) electrons. The number of likely N-dealkylation sites (tertiary alicyclic amines) is 1. The molecule has 1 aromatic carbocycles. The number of rotatable bonds is 9. The van der Waals surface area contributed by atoms with E-state index in [1.165, 1.54) is 0 Å². The maximum absolute atomic E-state index is 12.3. The van der Waals surface area contributed by atoms with Crippen LogP contribution < -0.4 is 10.1 Å². The lowest BCUT2D eigenvalue weighted by Gasteiger charge is -2.18. The van der Waals surface area contributed by atoms with E-state index in [9.17, 15) is 9.59 Å². The van der Waals surface area contributed by atoms with E-state index in [2.05, 4.69) is 10.2 Å². The Morgan fingerprint density at radius 3 is 2.68 bits per heavy atom. The van der Waals surface area contributed by atoms with Gasteiger partial charge in [0.2, 0.25) is 11.8 Å². The Bertz CT molecular complexity index is 572. The third kappa shape index (κ3) is 6.05. The van der Waals surface area contributed by atoms with Gasteiger partial charge in [0, 0.05) is 26.1 Å². The summed E-state index contributed by atoms with van der Waals surface area (Å²) in [5.41, 5.74) is 1.15. The van der Waals surface area contributed by atoms with Crippen molar-refractivity contribution >= 4 is 11.8 Å². The molecule has 1 N–H and O–H groups in total. The predicted molar refractivity (Wildman–Crippen MR) is 97.6 cm³/mol. The molecule has 1 saturated heterocycles. The maximum atomic E-state index is 12.3. The van der Waals surface area contributed by atoms with Gasteiger partial charge in [-0.15, -0.1) is 0 Å². The normalized spacial score (nSPS) is 17.2. The van der Waals surface area contributed by atoms with Crippen LogP contribution in [0.4, 0.5) is 0 Å². The SMILES string of the molecule is COc1ccc(CCNC(=O)C2CC(=O)N(CCCN(C)C)C2)cc1. The van der Waals surface area contributed by atoms with E-state index >= 15 is 0 Å². The number of methoxy groups -OCH3 is 1. The average molecular weight is 347 g/mol. The van der Waals surface area contributed by atoms with Crippen LogP contribution in [0.1, 0.15) is 18.4 Å². The van der Waals surface area contributed by atoms with Crippen molar-refractivity contribution in [2.45, 2.75) is 19.3 Å². The molecule has 2 amide bonds. The number of nitrogens with one attached hydrogen (secondary N) is 1. The Labute approximate surface area is 150 Å². The van der Waals surface area contributed by atoms with Crippen molar-refractivity contribution in [2.75, 3.05) is 47.4 Å². The highest BCUT2D eigenvalue weighted by Crippen LogP contribution is 2.18. The largest absolute Gasteiger partial charge is 0.497 e. The topological polar surface area (TPSA) is 61.9 Å². The van der Waals surface area contributed by atoms with Crippen LogP contribution in [0.2, 0.25) is 0 Å². The Hall–Kier alpha value is -2.08. The molecule has 1 aliphatic rings. The minimum atomic E-state index is -0.220. The summed E-state index contributed by atoms with van der Waals surface area (Å²) in [6, 6.07) is 7.82. The van der Waals surface area contributed by atoms with E-state index in [1.54, 1.807) is 7.11 Å². The first-order chi connectivity index (χ1) is 12.0. The van der Waals surface area contributed by atoms with Gasteiger partial charge in [-0.2, -0.15) is 0 Å². The fourth-order valence-corrected chi connectivity index (χ4v) is 3.01. The number of carbonyl (C=O) groups is 2. The standard InChI is InChI=1S/C19H29N3O3/c1-21(2)11-4-12-22-14-16(13-18(22)23)19(24)20-10-9-15-5-7-17(25-3)8-6-15/h5-8,16H,4,9-14H2,1-3H3,(H,20,24). The number of amides is 2. The van der Waals surface area contributed by atoms with Crippen LogP contribution in [0, 0.1) is 5.92 Å². The molecule has 0 spiro atoms. The first-order valence-corrected chi connectivity index (χ1v) is 8.82. The third-order valence-corrected chi connectivity index (χ3v) is 4.49. The maximum Gasteiger partial charge on any atom is 0.225 e. The van der Waals surface area contributed by atoms with Gasteiger partial charge in [0.15, 0.2) is 0 Å². The van der Waals surface area contributed by atoms with Gasteiger partial charge < -0.3 is 19.9 Å². The predicted octanol–water partition coefficient (Wildman–Crippen LogP) is 1.15. The lowest BCUT2D eigenvalue weighted by Crippen LogP contribution is -2.34. The van der Waals surface area contributed by atoms with Crippen molar-refractivity contribution in [1.29, 1.82) is 0 Å². The molecular weight excluding hydrogens is 318 g/mol. The van der Waals surface area contributed by atoms with E-state index in [4.69, 9.17) is 4.74 Å². The summed E-state index contributed by atoms with van der Waals surface area (Å²) < 4.78 is 5.13. The molecule has 1 heterocycles. The van der Waals surface area contributed by atoms with E-state index in [0.29, 0.717) is 19.5 Å². The molecule has 1 fully saturated rings. The van der Waals surface area contributed by atoms with Crippen molar-refractivity contribution in [2.24, 2.45) is 5.92 Å². The summed E-state index contributed by atoms with van der Waals surface area (Å²) in [7, 11) is 5.68. The minimum Gasteiger partial charge on any atom is -0.497 e. The Morgan fingerprint density at radius 2 is 2.04 bits per heavy atom. The first kappa shape index (κ1) is 19.2. The van der Waals surface area contributed by atoms with Crippen molar-refractivity contribution in [3.8, 4) is 5.75 Å². The van der Waals surface area contributed by atoms with Gasteiger partial charge >= 0.3 is 0 Å². The summed E-state index contributed by atoms with van der Waals surface area (Å²) in [6.45, 7) is 2.80. The smallest absolute Gasteiger partial charge is 0.225 e. The van der Waals surface area contributed by atoms with Gasteiger partial charge in [0.1, 0.15) is 5.75 Å². The molecule has 0 aromatic heterocycles. The summed E-state index contributed by atoms with van der Waals surface area (Å²) in [5, 5.41) is 2.96. The zero-order valence-electron chi connectivity index (χ0n) is 15.5.